The number of aromatic nitrogens is 3. The van der Waals surface area contributed by atoms with Crippen LogP contribution in [0.3, 0.4) is 0 Å². The molecule has 0 saturated heterocycles. The first kappa shape index (κ1) is 15.6. The number of pyridine rings is 1. The van der Waals surface area contributed by atoms with Crippen molar-refractivity contribution in [3.63, 3.8) is 0 Å². The summed E-state index contributed by atoms with van der Waals surface area (Å²) in [6.07, 6.45) is 1.69. The second-order valence-corrected chi connectivity index (χ2v) is 11.6. The molecule has 0 fully saturated rings. The second-order valence-electron chi connectivity index (χ2n) is 6.20. The SMILES string of the molecule is C[Si](C)(C)c1ccc(-c2cnc3ccc(NC(N)=S)nc3n2)o1. The zero-order valence-corrected chi connectivity index (χ0v) is 14.9. The van der Waals surface area contributed by atoms with E-state index in [0.717, 1.165) is 5.38 Å². The van der Waals surface area contributed by atoms with Crippen molar-refractivity contribution in [3.05, 3.63) is 30.5 Å². The van der Waals surface area contributed by atoms with Crippen molar-refractivity contribution in [2.75, 3.05) is 5.32 Å². The van der Waals surface area contributed by atoms with Gasteiger partial charge in [0, 0.05) is 0 Å². The number of rotatable bonds is 3. The minimum atomic E-state index is -1.50. The first-order valence-corrected chi connectivity index (χ1v) is 11.0. The van der Waals surface area contributed by atoms with E-state index >= 15 is 0 Å². The number of furan rings is 1. The zero-order chi connectivity index (χ0) is 16.6. The molecule has 0 aliphatic heterocycles. The van der Waals surface area contributed by atoms with Crippen molar-refractivity contribution in [1.82, 2.24) is 15.0 Å². The van der Waals surface area contributed by atoms with E-state index in [1.807, 2.05) is 18.2 Å². The molecule has 118 valence electrons. The lowest BCUT2D eigenvalue weighted by Gasteiger charge is -2.11. The summed E-state index contributed by atoms with van der Waals surface area (Å²) >= 11 is 4.82. The smallest absolute Gasteiger partial charge is 0.180 e. The Bertz CT molecular complexity index is 887. The van der Waals surface area contributed by atoms with Crippen molar-refractivity contribution in [3.8, 4) is 11.5 Å². The molecule has 0 radical (unpaired) electrons. The Morgan fingerprint density at radius 3 is 2.61 bits per heavy atom. The molecule has 3 rings (SSSR count). The van der Waals surface area contributed by atoms with Gasteiger partial charge in [-0.05, 0) is 36.5 Å². The summed E-state index contributed by atoms with van der Waals surface area (Å²) in [6, 6.07) is 7.52. The number of nitrogens with two attached hydrogens (primary N) is 1. The number of nitrogens with zero attached hydrogens (tertiary/aromatic N) is 3. The van der Waals surface area contributed by atoms with Crippen LogP contribution in [-0.4, -0.2) is 28.1 Å². The van der Waals surface area contributed by atoms with Crippen LogP contribution < -0.4 is 16.4 Å². The van der Waals surface area contributed by atoms with Crippen LogP contribution in [0.2, 0.25) is 19.6 Å². The van der Waals surface area contributed by atoms with Crippen LogP contribution in [0.15, 0.2) is 34.9 Å². The number of nitrogens with one attached hydrogen (secondary N) is 1. The lowest BCUT2D eigenvalue weighted by Crippen LogP contribution is -2.36. The summed E-state index contributed by atoms with van der Waals surface area (Å²) in [6.45, 7) is 6.70. The Morgan fingerprint density at radius 1 is 1.17 bits per heavy atom. The summed E-state index contributed by atoms with van der Waals surface area (Å²) < 4.78 is 5.95. The Labute approximate surface area is 140 Å². The lowest BCUT2D eigenvalue weighted by molar-refractivity contribution is 0.610. The molecule has 0 aromatic carbocycles. The maximum atomic E-state index is 5.95. The quantitative estimate of drug-likeness (QED) is 0.558. The molecule has 0 unspecified atom stereocenters. The van der Waals surface area contributed by atoms with Crippen LogP contribution in [0.25, 0.3) is 22.6 Å². The third-order valence-electron chi connectivity index (χ3n) is 3.26. The summed E-state index contributed by atoms with van der Waals surface area (Å²) in [7, 11) is -1.50. The van der Waals surface area contributed by atoms with Gasteiger partial charge in [-0.25, -0.2) is 9.97 Å². The standard InChI is InChI=1S/C15H17N5OSSi/c1-23(2,3)13-7-5-11(21-13)10-8-17-9-4-6-12(20-15(16)22)19-14(9)18-10/h4-8H,1-3H3,(H3,16,18,19,20,22). The third-order valence-corrected chi connectivity index (χ3v) is 5.10. The van der Waals surface area contributed by atoms with E-state index in [1.54, 1.807) is 12.3 Å². The highest BCUT2D eigenvalue weighted by atomic mass is 32.1. The van der Waals surface area contributed by atoms with E-state index < -0.39 is 8.07 Å². The molecule has 0 bridgehead atoms. The van der Waals surface area contributed by atoms with Gasteiger partial charge in [0.15, 0.2) is 16.5 Å². The normalized spacial score (nSPS) is 11.6. The number of hydrogen-bond acceptors (Lipinski definition) is 5. The minimum Gasteiger partial charge on any atom is -0.465 e. The van der Waals surface area contributed by atoms with E-state index in [4.69, 9.17) is 22.4 Å². The Kier molecular flexibility index (Phi) is 3.86. The van der Waals surface area contributed by atoms with Crippen molar-refractivity contribution in [2.45, 2.75) is 19.6 Å². The second kappa shape index (κ2) is 5.71. The topological polar surface area (TPSA) is 89.9 Å². The van der Waals surface area contributed by atoms with Gasteiger partial charge in [-0.3, -0.25) is 4.98 Å². The third kappa shape index (κ3) is 3.38. The predicted octanol–water partition coefficient (Wildman–Crippen LogP) is 2.49. The van der Waals surface area contributed by atoms with E-state index in [2.05, 4.69) is 39.9 Å². The van der Waals surface area contributed by atoms with Crippen LogP contribution in [0.5, 0.6) is 0 Å². The Morgan fingerprint density at radius 2 is 1.96 bits per heavy atom. The molecule has 3 aromatic heterocycles. The van der Waals surface area contributed by atoms with Crippen LogP contribution in [0.4, 0.5) is 5.82 Å². The van der Waals surface area contributed by atoms with Crippen molar-refractivity contribution in [2.24, 2.45) is 5.73 Å². The van der Waals surface area contributed by atoms with Gasteiger partial charge in [-0.2, -0.15) is 0 Å². The summed E-state index contributed by atoms with van der Waals surface area (Å²) in [5.74, 6) is 1.24. The molecule has 0 amide bonds. The lowest BCUT2D eigenvalue weighted by atomic mass is 10.3. The van der Waals surface area contributed by atoms with E-state index in [9.17, 15) is 0 Å². The van der Waals surface area contributed by atoms with Gasteiger partial charge < -0.3 is 15.5 Å². The van der Waals surface area contributed by atoms with Gasteiger partial charge in [0.25, 0.3) is 0 Å². The Hall–Kier alpha value is -2.32. The van der Waals surface area contributed by atoms with Gasteiger partial charge in [-0.15, -0.1) is 0 Å². The van der Waals surface area contributed by atoms with Crippen LogP contribution >= 0.6 is 12.2 Å². The van der Waals surface area contributed by atoms with E-state index in [1.165, 1.54) is 0 Å². The maximum absolute atomic E-state index is 5.95. The summed E-state index contributed by atoms with van der Waals surface area (Å²) in [5.41, 5.74) is 7.32. The maximum Gasteiger partial charge on any atom is 0.180 e. The Balaban J connectivity index is 2.01. The molecule has 0 saturated carbocycles. The van der Waals surface area contributed by atoms with Gasteiger partial charge in [-0.1, -0.05) is 19.6 Å². The van der Waals surface area contributed by atoms with Gasteiger partial charge in [0.1, 0.15) is 25.1 Å². The molecule has 0 aliphatic rings. The average molecular weight is 343 g/mol. The molecular formula is C15H17N5OSSi. The number of hydrogen-bond donors (Lipinski definition) is 2. The molecule has 3 heterocycles. The molecule has 8 heteroatoms. The van der Waals surface area contributed by atoms with E-state index in [0.29, 0.717) is 28.4 Å². The van der Waals surface area contributed by atoms with Crippen molar-refractivity contribution >= 4 is 47.8 Å². The number of anilines is 1. The van der Waals surface area contributed by atoms with Crippen molar-refractivity contribution in [1.29, 1.82) is 0 Å². The highest BCUT2D eigenvalue weighted by molar-refractivity contribution is 7.80. The fourth-order valence-electron chi connectivity index (χ4n) is 2.09. The first-order chi connectivity index (χ1) is 10.8. The van der Waals surface area contributed by atoms with Crippen molar-refractivity contribution < 1.29 is 4.42 Å². The highest BCUT2D eigenvalue weighted by Gasteiger charge is 2.21. The molecule has 3 N–H and O–H groups in total. The average Bonchev–Trinajstić information content (AvgIpc) is 2.95. The van der Waals surface area contributed by atoms with E-state index in [-0.39, 0.29) is 5.11 Å². The van der Waals surface area contributed by atoms with Crippen LogP contribution in [0, 0.1) is 0 Å². The van der Waals surface area contributed by atoms with Crippen LogP contribution in [0.1, 0.15) is 0 Å². The predicted molar refractivity (Wildman–Crippen MR) is 98.4 cm³/mol. The molecule has 0 spiro atoms. The molecule has 3 aromatic rings. The summed E-state index contributed by atoms with van der Waals surface area (Å²) in [4.78, 5) is 13.3. The fraction of sp³-hybridized carbons (Fsp3) is 0.200. The highest BCUT2D eigenvalue weighted by Crippen LogP contribution is 2.20. The number of thiocarbonyl (C=S) groups is 1. The molecule has 0 aliphatic carbocycles. The molecule has 0 atom stereocenters. The molecular weight excluding hydrogens is 326 g/mol. The molecule has 23 heavy (non-hydrogen) atoms. The first-order valence-electron chi connectivity index (χ1n) is 7.14. The fourth-order valence-corrected chi connectivity index (χ4v) is 3.19. The van der Waals surface area contributed by atoms with Gasteiger partial charge in [0.05, 0.1) is 11.6 Å². The largest absolute Gasteiger partial charge is 0.465 e. The zero-order valence-electron chi connectivity index (χ0n) is 13.1. The van der Waals surface area contributed by atoms with Gasteiger partial charge >= 0.3 is 0 Å². The number of fused-ring (bicyclic) bond motifs is 1. The summed E-state index contributed by atoms with van der Waals surface area (Å²) in [5, 5.41) is 3.99. The molecule has 6 nitrogen and oxygen atoms in total. The minimum absolute atomic E-state index is 0.159. The van der Waals surface area contributed by atoms with Gasteiger partial charge in [0.2, 0.25) is 0 Å². The van der Waals surface area contributed by atoms with Crippen LogP contribution in [-0.2, 0) is 0 Å². The monoisotopic (exact) mass is 343 g/mol.